The fourth-order valence-electron chi connectivity index (χ4n) is 2.60. The Hall–Kier alpha value is -1.98. The van der Waals surface area contributed by atoms with Gasteiger partial charge in [0.1, 0.15) is 0 Å². The Bertz CT molecular complexity index is 1160. The minimum absolute atomic E-state index is 0.00986. The largest absolute Gasteiger partial charge is 0.345 e. The number of halogens is 1. The number of benzene rings is 2. The number of amides is 1. The molecule has 0 radical (unpaired) electrons. The second-order valence-electron chi connectivity index (χ2n) is 7.07. The number of nitrogens with zero attached hydrogens (tertiary/aromatic N) is 1. The molecule has 1 atom stereocenters. The lowest BCUT2D eigenvalue weighted by Gasteiger charge is -2.21. The zero-order valence-electron chi connectivity index (χ0n) is 17.0. The fourth-order valence-corrected chi connectivity index (χ4v) is 4.77. The van der Waals surface area contributed by atoms with Crippen LogP contribution in [0.4, 0.5) is 0 Å². The third-order valence-corrected chi connectivity index (χ3v) is 7.89. The smallest absolute Gasteiger partial charge is 0.253 e. The van der Waals surface area contributed by atoms with E-state index in [1.54, 1.807) is 26.8 Å². The highest BCUT2D eigenvalue weighted by Crippen LogP contribution is 2.24. The van der Waals surface area contributed by atoms with Crippen LogP contribution < -0.4 is 10.5 Å². The van der Waals surface area contributed by atoms with Gasteiger partial charge in [-0.25, -0.2) is 22.0 Å². The Morgan fingerprint density at radius 2 is 1.67 bits per heavy atom. The van der Waals surface area contributed by atoms with E-state index in [-0.39, 0.29) is 26.4 Å². The first-order valence-electron chi connectivity index (χ1n) is 8.96. The molecule has 0 spiro atoms. The summed E-state index contributed by atoms with van der Waals surface area (Å²) in [4.78, 5) is 12.6. The van der Waals surface area contributed by atoms with E-state index in [0.717, 1.165) is 0 Å². The molecular weight excluding hydrogens is 450 g/mol. The predicted octanol–water partition coefficient (Wildman–Crippen LogP) is 2.51. The molecule has 1 amide bonds. The third kappa shape index (κ3) is 5.38. The first kappa shape index (κ1) is 24.3. The zero-order chi connectivity index (χ0) is 22.9. The van der Waals surface area contributed by atoms with Crippen molar-refractivity contribution in [3.05, 3.63) is 58.6 Å². The van der Waals surface area contributed by atoms with Crippen molar-refractivity contribution < 1.29 is 21.6 Å². The number of hydrogen-bond acceptors (Lipinski definition) is 5. The van der Waals surface area contributed by atoms with E-state index in [0.29, 0.717) is 5.56 Å². The van der Waals surface area contributed by atoms with E-state index in [1.165, 1.54) is 47.8 Å². The molecular formula is C19H24ClN3O5S2. The van der Waals surface area contributed by atoms with Crippen LogP contribution in [0.1, 0.15) is 42.7 Å². The summed E-state index contributed by atoms with van der Waals surface area (Å²) < 4.78 is 49.7. The number of primary sulfonamides is 1. The van der Waals surface area contributed by atoms with Crippen LogP contribution in [-0.2, 0) is 20.0 Å². The van der Waals surface area contributed by atoms with Crippen LogP contribution in [-0.4, -0.2) is 40.1 Å². The number of rotatable bonds is 7. The molecule has 0 saturated heterocycles. The van der Waals surface area contributed by atoms with E-state index >= 15 is 0 Å². The van der Waals surface area contributed by atoms with Crippen LogP contribution in [0, 0.1) is 0 Å². The quantitative estimate of drug-likeness (QED) is 0.638. The van der Waals surface area contributed by atoms with Crippen molar-refractivity contribution in [2.24, 2.45) is 5.14 Å². The molecule has 2 rings (SSSR count). The number of carbonyl (C=O) groups excluding carboxylic acids is 1. The van der Waals surface area contributed by atoms with Gasteiger partial charge in [-0.05, 0) is 56.7 Å². The number of sulfonamides is 2. The molecule has 1 unspecified atom stereocenters. The van der Waals surface area contributed by atoms with Gasteiger partial charge in [-0.2, -0.15) is 4.31 Å². The first-order valence-corrected chi connectivity index (χ1v) is 12.3. The highest BCUT2D eigenvalue weighted by atomic mass is 35.5. The highest BCUT2D eigenvalue weighted by Gasteiger charge is 2.25. The molecule has 0 aliphatic carbocycles. The number of carbonyl (C=O) groups is 1. The molecule has 0 bridgehead atoms. The Morgan fingerprint density at radius 3 is 2.23 bits per heavy atom. The maximum atomic E-state index is 12.8. The van der Waals surface area contributed by atoms with Gasteiger partial charge in [0.25, 0.3) is 5.91 Å². The molecule has 0 aliphatic rings. The summed E-state index contributed by atoms with van der Waals surface area (Å²) in [5.74, 6) is -0.599. The summed E-state index contributed by atoms with van der Waals surface area (Å²) in [6, 6.07) is 8.92. The normalized spacial score (nSPS) is 13.5. The average Bonchev–Trinajstić information content (AvgIpc) is 2.66. The summed E-state index contributed by atoms with van der Waals surface area (Å²) in [5.41, 5.74) is 0.499. The standard InChI is InChI=1S/C19H24ClN3O5S2/c1-12(2)23(4)30(27,28)16-8-9-18(20)17(11-16)19(24)22-13(3)14-6-5-7-15(10-14)29(21,25)26/h5-13H,1-4H3,(H,22,24)(H2,21,25,26). The van der Waals surface area contributed by atoms with Gasteiger partial charge in [-0.15, -0.1) is 0 Å². The first-order chi connectivity index (χ1) is 13.7. The SMILES string of the molecule is CC(NC(=O)c1cc(S(=O)(=O)N(C)C(C)C)ccc1Cl)c1cccc(S(N)(=O)=O)c1. The lowest BCUT2D eigenvalue weighted by atomic mass is 10.1. The molecule has 3 N–H and O–H groups in total. The molecule has 0 aliphatic heterocycles. The molecule has 2 aromatic carbocycles. The second-order valence-corrected chi connectivity index (χ2v) is 11.0. The van der Waals surface area contributed by atoms with Crippen LogP contribution in [0.5, 0.6) is 0 Å². The summed E-state index contributed by atoms with van der Waals surface area (Å²) in [6.45, 7) is 5.12. The Balaban J connectivity index is 2.34. The molecule has 30 heavy (non-hydrogen) atoms. The summed E-state index contributed by atoms with van der Waals surface area (Å²) >= 11 is 6.13. The van der Waals surface area contributed by atoms with Crippen molar-refractivity contribution in [3.63, 3.8) is 0 Å². The van der Waals surface area contributed by atoms with Crippen LogP contribution >= 0.6 is 11.6 Å². The number of hydrogen-bond donors (Lipinski definition) is 2. The Labute approximate surface area is 182 Å². The van der Waals surface area contributed by atoms with Crippen molar-refractivity contribution in [1.29, 1.82) is 0 Å². The topological polar surface area (TPSA) is 127 Å². The van der Waals surface area contributed by atoms with E-state index in [2.05, 4.69) is 5.32 Å². The monoisotopic (exact) mass is 473 g/mol. The van der Waals surface area contributed by atoms with Crippen LogP contribution in [0.25, 0.3) is 0 Å². The maximum absolute atomic E-state index is 12.8. The molecule has 8 nitrogen and oxygen atoms in total. The number of nitrogens with one attached hydrogen (secondary N) is 1. The lowest BCUT2D eigenvalue weighted by Crippen LogP contribution is -2.33. The van der Waals surface area contributed by atoms with Gasteiger partial charge in [-0.3, -0.25) is 4.79 Å². The van der Waals surface area contributed by atoms with Crippen molar-refractivity contribution in [1.82, 2.24) is 9.62 Å². The van der Waals surface area contributed by atoms with Gasteiger partial charge in [0.15, 0.2) is 0 Å². The van der Waals surface area contributed by atoms with Crippen LogP contribution in [0.2, 0.25) is 5.02 Å². The average molecular weight is 474 g/mol. The third-order valence-electron chi connectivity index (χ3n) is 4.62. The minimum Gasteiger partial charge on any atom is -0.345 e. The maximum Gasteiger partial charge on any atom is 0.253 e. The molecule has 0 fully saturated rings. The molecule has 164 valence electrons. The van der Waals surface area contributed by atoms with Crippen molar-refractivity contribution >= 4 is 37.6 Å². The van der Waals surface area contributed by atoms with Gasteiger partial charge in [0.05, 0.1) is 26.4 Å². The van der Waals surface area contributed by atoms with Gasteiger partial charge in [0, 0.05) is 13.1 Å². The Kier molecular flexibility index (Phi) is 7.31. The molecule has 2 aromatic rings. The molecule has 0 aromatic heterocycles. The molecule has 0 heterocycles. The van der Waals surface area contributed by atoms with Gasteiger partial charge < -0.3 is 5.32 Å². The number of nitrogens with two attached hydrogens (primary N) is 1. The van der Waals surface area contributed by atoms with E-state index in [9.17, 15) is 21.6 Å². The van der Waals surface area contributed by atoms with E-state index in [4.69, 9.17) is 16.7 Å². The summed E-state index contributed by atoms with van der Waals surface area (Å²) in [7, 11) is -6.23. The van der Waals surface area contributed by atoms with E-state index in [1.807, 2.05) is 0 Å². The molecule has 11 heteroatoms. The summed E-state index contributed by atoms with van der Waals surface area (Å²) in [6.07, 6.45) is 0. The van der Waals surface area contributed by atoms with Crippen molar-refractivity contribution in [2.45, 2.75) is 42.6 Å². The van der Waals surface area contributed by atoms with E-state index < -0.39 is 32.0 Å². The minimum atomic E-state index is -3.89. The van der Waals surface area contributed by atoms with Crippen LogP contribution in [0.3, 0.4) is 0 Å². The van der Waals surface area contributed by atoms with Crippen molar-refractivity contribution in [2.75, 3.05) is 7.05 Å². The van der Waals surface area contributed by atoms with Gasteiger partial charge >= 0.3 is 0 Å². The Morgan fingerprint density at radius 1 is 1.03 bits per heavy atom. The zero-order valence-corrected chi connectivity index (χ0v) is 19.3. The van der Waals surface area contributed by atoms with Crippen molar-refractivity contribution in [3.8, 4) is 0 Å². The van der Waals surface area contributed by atoms with Gasteiger partial charge in [0.2, 0.25) is 20.0 Å². The summed E-state index contributed by atoms with van der Waals surface area (Å²) in [5, 5.41) is 7.93. The van der Waals surface area contributed by atoms with Crippen LogP contribution in [0.15, 0.2) is 52.3 Å². The highest BCUT2D eigenvalue weighted by molar-refractivity contribution is 7.89. The van der Waals surface area contributed by atoms with Gasteiger partial charge in [-0.1, -0.05) is 23.7 Å². The fraction of sp³-hybridized carbons (Fsp3) is 0.316. The predicted molar refractivity (Wildman–Crippen MR) is 115 cm³/mol. The molecule has 0 saturated carbocycles. The second kappa shape index (κ2) is 9.03. The lowest BCUT2D eigenvalue weighted by molar-refractivity contribution is 0.0940.